The van der Waals surface area contributed by atoms with Crippen LogP contribution in [0.3, 0.4) is 0 Å². The smallest absolute Gasteiger partial charge is 0.292 e. The molecule has 1 aliphatic rings. The number of carbonyl (C=O) groups is 1. The molecule has 0 aromatic heterocycles. The molecular formula is C13H20FN3O2. The highest BCUT2D eigenvalue weighted by molar-refractivity contribution is 5.42. The molecule has 0 atom stereocenters. The van der Waals surface area contributed by atoms with E-state index in [1.807, 2.05) is 0 Å². The number of rotatable bonds is 3. The van der Waals surface area contributed by atoms with Crippen molar-refractivity contribution in [3.8, 4) is 0 Å². The molecule has 0 spiro atoms. The summed E-state index contributed by atoms with van der Waals surface area (Å²) in [4.78, 5) is 11.2. The van der Waals surface area contributed by atoms with E-state index >= 15 is 0 Å². The van der Waals surface area contributed by atoms with Crippen molar-refractivity contribution in [3.05, 3.63) is 29.6 Å². The summed E-state index contributed by atoms with van der Waals surface area (Å²) in [5.41, 5.74) is 6.45. The Kier molecular flexibility index (Phi) is 6.84. The van der Waals surface area contributed by atoms with Crippen molar-refractivity contribution >= 4 is 12.2 Å². The maximum Gasteiger partial charge on any atom is 0.292 e. The zero-order valence-electron chi connectivity index (χ0n) is 11.1. The number of benzene rings is 1. The molecular weight excluding hydrogens is 249 g/mol. The summed E-state index contributed by atoms with van der Waals surface area (Å²) in [5.74, 6) is -0.268. The number of anilines is 1. The Morgan fingerprint density at radius 2 is 2.11 bits per heavy atom. The minimum Gasteiger partial charge on any atom is -0.471 e. The summed E-state index contributed by atoms with van der Waals surface area (Å²) in [6, 6.07) is 5.19. The summed E-state index contributed by atoms with van der Waals surface area (Å²) >= 11 is 0. The molecule has 19 heavy (non-hydrogen) atoms. The van der Waals surface area contributed by atoms with Gasteiger partial charge in [0.25, 0.3) is 6.47 Å². The fourth-order valence-electron chi connectivity index (χ4n) is 1.83. The maximum absolute atomic E-state index is 13.6. The van der Waals surface area contributed by atoms with E-state index in [2.05, 4.69) is 15.0 Å². The third-order valence-electron chi connectivity index (χ3n) is 2.81. The molecule has 0 bridgehead atoms. The number of hydrogen-bond acceptors (Lipinski definition) is 5. The van der Waals surface area contributed by atoms with Gasteiger partial charge in [0.05, 0.1) is 12.8 Å². The van der Waals surface area contributed by atoms with Gasteiger partial charge in [0.15, 0.2) is 5.82 Å². The molecule has 3 N–H and O–H groups in total. The number of ether oxygens (including phenoxy) is 1. The number of nitrogens with two attached hydrogens (primary N) is 1. The molecule has 1 aromatic rings. The van der Waals surface area contributed by atoms with Crippen LogP contribution in [0.15, 0.2) is 18.2 Å². The zero-order valence-corrected chi connectivity index (χ0v) is 11.1. The first-order chi connectivity index (χ1) is 9.19. The Balaban J connectivity index is 0.000000399. The molecule has 1 aromatic carbocycles. The number of methoxy groups -OCH3 is 1. The lowest BCUT2D eigenvalue weighted by atomic mass is 10.1. The number of nitrogens with zero attached hydrogens (tertiary/aromatic N) is 1. The Hall–Kier alpha value is -1.66. The quantitative estimate of drug-likeness (QED) is 0.621. The summed E-state index contributed by atoms with van der Waals surface area (Å²) < 4.78 is 17.5. The summed E-state index contributed by atoms with van der Waals surface area (Å²) in [7, 11) is 1.31. The van der Waals surface area contributed by atoms with Gasteiger partial charge in [0.2, 0.25) is 0 Å². The number of nitrogens with one attached hydrogen (secondary N) is 1. The number of halogens is 1. The molecule has 0 radical (unpaired) electrons. The van der Waals surface area contributed by atoms with E-state index < -0.39 is 0 Å². The lowest BCUT2D eigenvalue weighted by Gasteiger charge is -2.27. The van der Waals surface area contributed by atoms with Crippen molar-refractivity contribution in [1.29, 1.82) is 0 Å². The highest BCUT2D eigenvalue weighted by atomic mass is 19.1. The van der Waals surface area contributed by atoms with Gasteiger partial charge in [-0.25, -0.2) is 4.39 Å². The first-order valence-electron chi connectivity index (χ1n) is 6.11. The van der Waals surface area contributed by atoms with E-state index in [9.17, 15) is 4.39 Å². The third-order valence-corrected chi connectivity index (χ3v) is 2.81. The topological polar surface area (TPSA) is 67.6 Å². The summed E-state index contributed by atoms with van der Waals surface area (Å²) in [5, 5.41) is 3.27. The second-order valence-electron chi connectivity index (χ2n) is 4.18. The minimum absolute atomic E-state index is 0.239. The van der Waals surface area contributed by atoms with E-state index in [4.69, 9.17) is 10.5 Å². The number of piperazine rings is 1. The van der Waals surface area contributed by atoms with Crippen LogP contribution in [-0.4, -0.2) is 44.7 Å². The Labute approximate surface area is 112 Å². The van der Waals surface area contributed by atoms with Gasteiger partial charge in [-0.1, -0.05) is 12.1 Å². The maximum atomic E-state index is 13.6. The van der Waals surface area contributed by atoms with Crippen molar-refractivity contribution < 1.29 is 13.9 Å². The van der Waals surface area contributed by atoms with E-state index in [0.717, 1.165) is 26.2 Å². The molecule has 0 saturated carbocycles. The molecule has 1 fully saturated rings. The number of hydrogen-bond donors (Lipinski definition) is 2. The second-order valence-corrected chi connectivity index (χ2v) is 4.18. The van der Waals surface area contributed by atoms with E-state index in [1.165, 1.54) is 7.11 Å². The van der Waals surface area contributed by atoms with Crippen LogP contribution in [0.25, 0.3) is 0 Å². The van der Waals surface area contributed by atoms with Crippen LogP contribution in [0.1, 0.15) is 5.56 Å². The van der Waals surface area contributed by atoms with Crippen molar-refractivity contribution in [1.82, 2.24) is 10.2 Å². The molecule has 1 aliphatic heterocycles. The predicted octanol–water partition coefficient (Wildman–Crippen LogP) is 0.602. The monoisotopic (exact) mass is 269 g/mol. The van der Waals surface area contributed by atoms with Gasteiger partial charge >= 0.3 is 0 Å². The van der Waals surface area contributed by atoms with Gasteiger partial charge in [-0.15, -0.1) is 0 Å². The largest absolute Gasteiger partial charge is 0.471 e. The highest BCUT2D eigenvalue weighted by Gasteiger charge is 2.13. The van der Waals surface area contributed by atoms with Gasteiger partial charge in [0, 0.05) is 38.3 Å². The molecule has 1 heterocycles. The second kappa shape index (κ2) is 8.44. The molecule has 1 saturated heterocycles. The first-order valence-corrected chi connectivity index (χ1v) is 6.11. The van der Waals surface area contributed by atoms with Crippen LogP contribution in [0.4, 0.5) is 10.1 Å². The van der Waals surface area contributed by atoms with Gasteiger partial charge in [-0.3, -0.25) is 9.69 Å². The van der Waals surface area contributed by atoms with Crippen LogP contribution in [-0.2, 0) is 16.1 Å². The fraction of sp³-hybridized carbons (Fsp3) is 0.462. The molecule has 0 amide bonds. The van der Waals surface area contributed by atoms with Crippen LogP contribution in [0.2, 0.25) is 0 Å². The first kappa shape index (κ1) is 15.4. The van der Waals surface area contributed by atoms with Crippen molar-refractivity contribution in [2.24, 2.45) is 0 Å². The standard InChI is InChI=1S/C11H16FN3.C2H4O2/c12-11-9(2-1-3-10(11)13)8-15-6-4-14-5-7-15;1-4-2-3/h1-3,14H,4-8,13H2;2H,1H3. The normalized spacial score (nSPS) is 15.3. The van der Waals surface area contributed by atoms with Crippen LogP contribution in [0.5, 0.6) is 0 Å². The summed E-state index contributed by atoms with van der Waals surface area (Å²) in [6.45, 7) is 4.91. The molecule has 2 rings (SSSR count). The molecule has 6 heteroatoms. The molecule has 0 aliphatic carbocycles. The van der Waals surface area contributed by atoms with Crippen LogP contribution < -0.4 is 11.1 Å². The van der Waals surface area contributed by atoms with Crippen molar-refractivity contribution in [2.75, 3.05) is 39.0 Å². The van der Waals surface area contributed by atoms with E-state index in [1.54, 1.807) is 18.2 Å². The zero-order chi connectivity index (χ0) is 14.1. The number of carbonyl (C=O) groups excluding carboxylic acids is 1. The average Bonchev–Trinajstić information content (AvgIpc) is 2.45. The molecule has 5 nitrogen and oxygen atoms in total. The predicted molar refractivity (Wildman–Crippen MR) is 72.0 cm³/mol. The van der Waals surface area contributed by atoms with E-state index in [-0.39, 0.29) is 11.5 Å². The SMILES string of the molecule is COC=O.Nc1cccc(CN2CCNCC2)c1F. The van der Waals surface area contributed by atoms with Crippen molar-refractivity contribution in [2.45, 2.75) is 6.54 Å². The Bertz CT molecular complexity index is 395. The van der Waals surface area contributed by atoms with E-state index in [0.29, 0.717) is 18.6 Å². The van der Waals surface area contributed by atoms with Crippen molar-refractivity contribution in [3.63, 3.8) is 0 Å². The van der Waals surface area contributed by atoms with Gasteiger partial charge in [-0.05, 0) is 6.07 Å². The minimum atomic E-state index is -0.268. The van der Waals surface area contributed by atoms with Gasteiger partial charge in [-0.2, -0.15) is 0 Å². The van der Waals surface area contributed by atoms with Gasteiger partial charge in [0.1, 0.15) is 0 Å². The van der Waals surface area contributed by atoms with Crippen LogP contribution in [0, 0.1) is 5.82 Å². The third kappa shape index (κ3) is 5.23. The lowest BCUT2D eigenvalue weighted by Crippen LogP contribution is -2.43. The molecule has 106 valence electrons. The average molecular weight is 269 g/mol. The van der Waals surface area contributed by atoms with Crippen LogP contribution >= 0.6 is 0 Å². The number of nitrogen functional groups attached to an aromatic ring is 1. The summed E-state index contributed by atoms with van der Waals surface area (Å²) in [6.07, 6.45) is 0. The highest BCUT2D eigenvalue weighted by Crippen LogP contribution is 2.16. The fourth-order valence-corrected chi connectivity index (χ4v) is 1.83. The molecule has 0 unspecified atom stereocenters. The lowest BCUT2D eigenvalue weighted by molar-refractivity contribution is -0.126. The van der Waals surface area contributed by atoms with Gasteiger partial charge < -0.3 is 15.8 Å². The Morgan fingerprint density at radius 3 is 2.68 bits per heavy atom. The Morgan fingerprint density at radius 1 is 1.47 bits per heavy atom.